The maximum absolute atomic E-state index is 13.9. The normalized spacial score (nSPS) is 13.0. The van der Waals surface area contributed by atoms with Crippen LogP contribution in [-0.4, -0.2) is 57.8 Å². The zero-order valence-corrected chi connectivity index (χ0v) is 23.4. The smallest absolute Gasteiger partial charge is 0.244 e. The zero-order chi connectivity index (χ0) is 27.3. The van der Waals surface area contributed by atoms with Crippen molar-refractivity contribution in [3.8, 4) is 11.5 Å². The number of hydrogen-bond donors (Lipinski definition) is 1. The number of anilines is 1. The van der Waals surface area contributed by atoms with Crippen molar-refractivity contribution in [1.29, 1.82) is 0 Å². The Kier molecular flexibility index (Phi) is 8.58. The third-order valence-corrected chi connectivity index (χ3v) is 7.72. The second kappa shape index (κ2) is 11.9. The highest BCUT2D eigenvalue weighted by molar-refractivity contribution is 9.10. The van der Waals surface area contributed by atoms with E-state index in [0.717, 1.165) is 26.2 Å². The van der Waals surface area contributed by atoms with Crippen molar-refractivity contribution in [3.63, 3.8) is 0 Å². The minimum atomic E-state index is -3.87. The van der Waals surface area contributed by atoms with Crippen molar-refractivity contribution in [3.05, 3.63) is 88.4 Å². The van der Waals surface area contributed by atoms with Gasteiger partial charge in [0.2, 0.25) is 28.6 Å². The van der Waals surface area contributed by atoms with Gasteiger partial charge in [-0.15, -0.1) is 0 Å². The Morgan fingerprint density at radius 3 is 2.37 bits per heavy atom. The fraction of sp³-hybridized carbons (Fsp3) is 0.259. The van der Waals surface area contributed by atoms with Crippen molar-refractivity contribution in [1.82, 2.24) is 10.2 Å². The van der Waals surface area contributed by atoms with Gasteiger partial charge in [0.1, 0.15) is 12.6 Å². The van der Waals surface area contributed by atoms with E-state index < -0.39 is 28.5 Å². The molecule has 11 heteroatoms. The maximum Gasteiger partial charge on any atom is 0.244 e. The molecule has 38 heavy (non-hydrogen) atoms. The minimum Gasteiger partial charge on any atom is -0.454 e. The number of rotatable bonds is 10. The first-order chi connectivity index (χ1) is 18.2. The van der Waals surface area contributed by atoms with E-state index in [1.165, 1.54) is 18.0 Å². The van der Waals surface area contributed by atoms with Gasteiger partial charge in [0, 0.05) is 30.6 Å². The van der Waals surface area contributed by atoms with Gasteiger partial charge < -0.3 is 19.7 Å². The van der Waals surface area contributed by atoms with Crippen LogP contribution in [0.15, 0.2) is 77.3 Å². The molecular weight excluding hydrogens is 574 g/mol. The van der Waals surface area contributed by atoms with E-state index in [0.29, 0.717) is 11.5 Å². The van der Waals surface area contributed by atoms with E-state index in [9.17, 15) is 18.0 Å². The summed E-state index contributed by atoms with van der Waals surface area (Å²) < 4.78 is 38.2. The van der Waals surface area contributed by atoms with E-state index in [2.05, 4.69) is 21.2 Å². The molecule has 0 aromatic heterocycles. The molecule has 0 aliphatic carbocycles. The number of amides is 2. The summed E-state index contributed by atoms with van der Waals surface area (Å²) in [6.45, 7) is -0.374. The molecule has 0 fully saturated rings. The lowest BCUT2D eigenvalue weighted by Gasteiger charge is -2.33. The number of nitrogens with one attached hydrogen (secondary N) is 1. The predicted molar refractivity (Wildman–Crippen MR) is 147 cm³/mol. The summed E-state index contributed by atoms with van der Waals surface area (Å²) >= 11 is 3.45. The highest BCUT2D eigenvalue weighted by atomic mass is 79.9. The number of sulfonamides is 1. The third-order valence-electron chi connectivity index (χ3n) is 6.08. The Hall–Kier alpha value is -3.57. The standard InChI is InChI=1S/C27H28BrN3O6S/c1-29-27(33)23(14-19-7-4-3-5-8-19)30(16-20-9-6-10-21(28)13-20)26(32)17-31(38(2,34)35)22-11-12-24-25(15-22)37-18-36-24/h3-13,15,23H,14,16-18H2,1-2H3,(H,29,33)/t23-/m0/s1. The van der Waals surface area contributed by atoms with E-state index in [1.54, 1.807) is 12.1 Å². The lowest BCUT2D eigenvalue weighted by molar-refractivity contribution is -0.139. The van der Waals surface area contributed by atoms with Gasteiger partial charge in [-0.2, -0.15) is 0 Å². The first-order valence-electron chi connectivity index (χ1n) is 11.8. The van der Waals surface area contributed by atoms with E-state index in [4.69, 9.17) is 9.47 Å². The number of carbonyl (C=O) groups excluding carboxylic acids is 2. The molecule has 9 nitrogen and oxygen atoms in total. The van der Waals surface area contributed by atoms with Gasteiger partial charge in [0.15, 0.2) is 11.5 Å². The van der Waals surface area contributed by atoms with Crippen molar-refractivity contribution >= 4 is 43.5 Å². The molecule has 0 unspecified atom stereocenters. The number of likely N-dealkylation sites (N-methyl/N-ethyl adjacent to an activating group) is 1. The van der Waals surface area contributed by atoms with Crippen molar-refractivity contribution in [2.24, 2.45) is 0 Å². The molecule has 2 amide bonds. The molecule has 3 aromatic carbocycles. The highest BCUT2D eigenvalue weighted by Gasteiger charge is 2.33. The van der Waals surface area contributed by atoms with Crippen LogP contribution in [-0.2, 0) is 32.6 Å². The van der Waals surface area contributed by atoms with Gasteiger partial charge in [-0.3, -0.25) is 13.9 Å². The number of benzene rings is 3. The molecule has 1 aliphatic heterocycles. The molecule has 0 radical (unpaired) electrons. The SMILES string of the molecule is CNC(=O)[C@H](Cc1ccccc1)N(Cc1cccc(Br)c1)C(=O)CN(c1ccc2c(c1)OCO2)S(C)(=O)=O. The van der Waals surface area contributed by atoms with Gasteiger partial charge in [0.05, 0.1) is 11.9 Å². The molecular formula is C27H28BrN3O6S. The largest absolute Gasteiger partial charge is 0.454 e. The molecule has 4 rings (SSSR count). The lowest BCUT2D eigenvalue weighted by atomic mass is 10.0. The molecule has 1 aliphatic rings. The van der Waals surface area contributed by atoms with Crippen LogP contribution >= 0.6 is 15.9 Å². The van der Waals surface area contributed by atoms with Crippen molar-refractivity contribution in [2.75, 3.05) is 30.9 Å². The molecule has 1 heterocycles. The Bertz CT molecular complexity index is 1420. The molecule has 1 N–H and O–H groups in total. The third kappa shape index (κ3) is 6.65. The molecule has 0 bridgehead atoms. The highest BCUT2D eigenvalue weighted by Crippen LogP contribution is 2.36. The van der Waals surface area contributed by atoms with Crippen LogP contribution in [0, 0.1) is 0 Å². The predicted octanol–water partition coefficient (Wildman–Crippen LogP) is 3.33. The van der Waals surface area contributed by atoms with Crippen molar-refractivity contribution < 1.29 is 27.5 Å². The second-order valence-electron chi connectivity index (χ2n) is 8.78. The number of nitrogens with zero attached hydrogens (tertiary/aromatic N) is 2. The topological polar surface area (TPSA) is 105 Å². The van der Waals surface area contributed by atoms with E-state index >= 15 is 0 Å². The maximum atomic E-state index is 13.9. The Balaban J connectivity index is 1.71. The van der Waals surface area contributed by atoms with Gasteiger partial charge >= 0.3 is 0 Å². The fourth-order valence-electron chi connectivity index (χ4n) is 4.21. The van der Waals surface area contributed by atoms with Crippen LogP contribution < -0.4 is 19.1 Å². The number of ether oxygens (including phenoxy) is 2. The molecule has 1 atom stereocenters. The Morgan fingerprint density at radius 1 is 0.974 bits per heavy atom. The monoisotopic (exact) mass is 601 g/mol. The number of hydrogen-bond acceptors (Lipinski definition) is 6. The molecule has 0 saturated carbocycles. The summed E-state index contributed by atoms with van der Waals surface area (Å²) in [5.41, 5.74) is 1.90. The Labute approximate surface area is 230 Å². The minimum absolute atomic E-state index is 0.0320. The summed E-state index contributed by atoms with van der Waals surface area (Å²) in [6, 6.07) is 20.6. The summed E-state index contributed by atoms with van der Waals surface area (Å²) in [6.07, 6.45) is 1.28. The first kappa shape index (κ1) is 27.5. The van der Waals surface area contributed by atoms with Gasteiger partial charge in [-0.05, 0) is 35.4 Å². The fourth-order valence-corrected chi connectivity index (χ4v) is 5.49. The van der Waals surface area contributed by atoms with Crippen LogP contribution in [0.1, 0.15) is 11.1 Å². The van der Waals surface area contributed by atoms with Crippen LogP contribution in [0.3, 0.4) is 0 Å². The van der Waals surface area contributed by atoms with Gasteiger partial charge in [-0.1, -0.05) is 58.4 Å². The number of fused-ring (bicyclic) bond motifs is 1. The average Bonchev–Trinajstić information content (AvgIpc) is 3.36. The van der Waals surface area contributed by atoms with E-state index in [1.807, 2.05) is 54.6 Å². The molecule has 3 aromatic rings. The van der Waals surface area contributed by atoms with Gasteiger partial charge in [0.25, 0.3) is 0 Å². The second-order valence-corrected chi connectivity index (χ2v) is 11.6. The quantitative estimate of drug-likeness (QED) is 0.382. The van der Waals surface area contributed by atoms with Crippen molar-refractivity contribution in [2.45, 2.75) is 19.0 Å². The molecule has 0 saturated heterocycles. The summed E-state index contributed by atoms with van der Waals surface area (Å²) in [7, 11) is -2.36. The first-order valence-corrected chi connectivity index (χ1v) is 14.5. The lowest BCUT2D eigenvalue weighted by Crippen LogP contribution is -2.52. The van der Waals surface area contributed by atoms with Crippen LogP contribution in [0.4, 0.5) is 5.69 Å². The number of carbonyl (C=O) groups is 2. The zero-order valence-electron chi connectivity index (χ0n) is 21.0. The van der Waals surface area contributed by atoms with Gasteiger partial charge in [-0.25, -0.2) is 8.42 Å². The van der Waals surface area contributed by atoms with E-state index in [-0.39, 0.29) is 31.4 Å². The summed E-state index contributed by atoms with van der Waals surface area (Å²) in [5.74, 6) is -0.00181. The molecule has 0 spiro atoms. The molecule has 200 valence electrons. The summed E-state index contributed by atoms with van der Waals surface area (Å²) in [5, 5.41) is 2.66. The average molecular weight is 603 g/mol. The summed E-state index contributed by atoms with van der Waals surface area (Å²) in [4.78, 5) is 28.5. The number of halogens is 1. The van der Waals surface area contributed by atoms with Crippen LogP contribution in [0.25, 0.3) is 0 Å². The van der Waals surface area contributed by atoms with Crippen LogP contribution in [0.2, 0.25) is 0 Å². The Morgan fingerprint density at radius 2 is 1.68 bits per heavy atom. The van der Waals surface area contributed by atoms with Crippen LogP contribution in [0.5, 0.6) is 11.5 Å².